The highest BCUT2D eigenvalue weighted by atomic mass is 35.5. The molecule has 1 aliphatic heterocycles. The van der Waals surface area contributed by atoms with Gasteiger partial charge in [0.15, 0.2) is 0 Å². The first-order chi connectivity index (χ1) is 6.79. The topological polar surface area (TPSA) is 42.1 Å². The van der Waals surface area contributed by atoms with Crippen molar-refractivity contribution in [1.82, 2.24) is 4.98 Å². The number of nitrogens with zero attached hydrogens (tertiary/aromatic N) is 2. The molecule has 1 aromatic rings. The summed E-state index contributed by atoms with van der Waals surface area (Å²) in [5.41, 5.74) is 6.86. The third-order valence-corrected chi connectivity index (χ3v) is 2.84. The minimum absolute atomic E-state index is 0. The Morgan fingerprint density at radius 1 is 1.53 bits per heavy atom. The van der Waals surface area contributed by atoms with E-state index in [1.165, 1.54) is 12.0 Å². The van der Waals surface area contributed by atoms with Crippen molar-refractivity contribution < 1.29 is 0 Å². The van der Waals surface area contributed by atoms with Crippen LogP contribution in [-0.4, -0.2) is 24.6 Å². The lowest BCUT2D eigenvalue weighted by Gasteiger charge is -2.16. The number of rotatable bonds is 2. The van der Waals surface area contributed by atoms with Gasteiger partial charge in [0.1, 0.15) is 5.82 Å². The standard InChI is InChI=1S/C11H17N3.ClH/c1-9-2-3-11(13-7-9)14-5-4-10(6-12)8-14;/h2-3,7,10H,4-6,8,12H2,1H3;1H. The van der Waals surface area contributed by atoms with Crippen molar-refractivity contribution in [3.05, 3.63) is 23.9 Å². The zero-order valence-corrected chi connectivity index (χ0v) is 9.83. The number of halogens is 1. The molecular weight excluding hydrogens is 210 g/mol. The third-order valence-electron chi connectivity index (χ3n) is 2.84. The van der Waals surface area contributed by atoms with E-state index in [9.17, 15) is 0 Å². The first-order valence-corrected chi connectivity index (χ1v) is 5.17. The Kier molecular flexibility index (Phi) is 4.36. The fourth-order valence-electron chi connectivity index (χ4n) is 1.88. The molecule has 0 amide bonds. The highest BCUT2D eigenvalue weighted by molar-refractivity contribution is 5.85. The minimum atomic E-state index is 0. The number of hydrogen-bond acceptors (Lipinski definition) is 3. The van der Waals surface area contributed by atoms with E-state index in [-0.39, 0.29) is 12.4 Å². The molecule has 3 nitrogen and oxygen atoms in total. The van der Waals surface area contributed by atoms with Crippen molar-refractivity contribution in [2.45, 2.75) is 13.3 Å². The summed E-state index contributed by atoms with van der Waals surface area (Å²) < 4.78 is 0. The summed E-state index contributed by atoms with van der Waals surface area (Å²) in [5, 5.41) is 0. The quantitative estimate of drug-likeness (QED) is 0.835. The monoisotopic (exact) mass is 227 g/mol. The van der Waals surface area contributed by atoms with Gasteiger partial charge in [-0.3, -0.25) is 0 Å². The number of pyridine rings is 1. The normalized spacial score (nSPS) is 20.1. The summed E-state index contributed by atoms with van der Waals surface area (Å²) in [6.45, 7) is 5.01. The van der Waals surface area contributed by atoms with Crippen LogP contribution >= 0.6 is 12.4 Å². The van der Waals surface area contributed by atoms with Crippen LogP contribution in [0.25, 0.3) is 0 Å². The molecular formula is C11H18ClN3. The fourth-order valence-corrected chi connectivity index (χ4v) is 1.88. The Labute approximate surface area is 97.1 Å². The van der Waals surface area contributed by atoms with E-state index in [4.69, 9.17) is 5.73 Å². The Morgan fingerprint density at radius 2 is 2.33 bits per heavy atom. The van der Waals surface area contributed by atoms with Gasteiger partial charge in [0.25, 0.3) is 0 Å². The molecule has 1 aliphatic rings. The summed E-state index contributed by atoms with van der Waals surface area (Å²) in [7, 11) is 0. The molecule has 0 bridgehead atoms. The number of hydrogen-bond donors (Lipinski definition) is 1. The second-order valence-electron chi connectivity index (χ2n) is 4.03. The molecule has 0 aromatic carbocycles. The van der Waals surface area contributed by atoms with E-state index in [2.05, 4.69) is 28.9 Å². The van der Waals surface area contributed by atoms with Crippen molar-refractivity contribution >= 4 is 18.2 Å². The van der Waals surface area contributed by atoms with Gasteiger partial charge in [0.05, 0.1) is 0 Å². The van der Waals surface area contributed by atoms with Gasteiger partial charge in [-0.25, -0.2) is 4.98 Å². The van der Waals surface area contributed by atoms with Gasteiger partial charge >= 0.3 is 0 Å². The third kappa shape index (κ3) is 2.83. The molecule has 0 aliphatic carbocycles. The summed E-state index contributed by atoms with van der Waals surface area (Å²) in [6.07, 6.45) is 3.12. The van der Waals surface area contributed by atoms with Crippen LogP contribution in [0.2, 0.25) is 0 Å². The van der Waals surface area contributed by atoms with E-state index in [1.807, 2.05) is 6.20 Å². The zero-order chi connectivity index (χ0) is 9.97. The molecule has 2 heterocycles. The van der Waals surface area contributed by atoms with Gasteiger partial charge in [-0.1, -0.05) is 6.07 Å². The molecule has 1 fully saturated rings. The maximum Gasteiger partial charge on any atom is 0.128 e. The Bertz CT molecular complexity index is 299. The van der Waals surface area contributed by atoms with E-state index in [1.54, 1.807) is 0 Å². The molecule has 0 spiro atoms. The first-order valence-electron chi connectivity index (χ1n) is 5.17. The largest absolute Gasteiger partial charge is 0.356 e. The molecule has 2 rings (SSSR count). The van der Waals surface area contributed by atoms with E-state index >= 15 is 0 Å². The van der Waals surface area contributed by atoms with Gasteiger partial charge in [0.2, 0.25) is 0 Å². The molecule has 1 atom stereocenters. The van der Waals surface area contributed by atoms with Crippen LogP contribution < -0.4 is 10.6 Å². The molecule has 0 saturated carbocycles. The van der Waals surface area contributed by atoms with Crippen LogP contribution in [0.4, 0.5) is 5.82 Å². The number of anilines is 1. The SMILES string of the molecule is Cc1ccc(N2CCC(CN)C2)nc1.Cl. The lowest BCUT2D eigenvalue weighted by molar-refractivity contribution is 0.602. The van der Waals surface area contributed by atoms with Gasteiger partial charge in [-0.2, -0.15) is 0 Å². The minimum Gasteiger partial charge on any atom is -0.356 e. The van der Waals surface area contributed by atoms with Crippen LogP contribution in [0.3, 0.4) is 0 Å². The smallest absolute Gasteiger partial charge is 0.128 e. The predicted octanol–water partition coefficient (Wildman–Crippen LogP) is 1.60. The second-order valence-corrected chi connectivity index (χ2v) is 4.03. The molecule has 0 radical (unpaired) electrons. The predicted molar refractivity (Wildman–Crippen MR) is 65.6 cm³/mol. The van der Waals surface area contributed by atoms with Crippen LogP contribution in [0, 0.1) is 12.8 Å². The van der Waals surface area contributed by atoms with Crippen molar-refractivity contribution in [1.29, 1.82) is 0 Å². The average molecular weight is 228 g/mol. The van der Waals surface area contributed by atoms with Gasteiger partial charge in [-0.05, 0) is 37.4 Å². The van der Waals surface area contributed by atoms with Crippen LogP contribution in [0.15, 0.2) is 18.3 Å². The molecule has 1 aromatic heterocycles. The van der Waals surface area contributed by atoms with Crippen LogP contribution in [0.5, 0.6) is 0 Å². The fraction of sp³-hybridized carbons (Fsp3) is 0.545. The Hall–Kier alpha value is -0.800. The average Bonchev–Trinajstić information content (AvgIpc) is 2.67. The lowest BCUT2D eigenvalue weighted by atomic mass is 10.1. The van der Waals surface area contributed by atoms with Gasteiger partial charge in [0, 0.05) is 19.3 Å². The summed E-state index contributed by atoms with van der Waals surface area (Å²) in [5.74, 6) is 1.74. The maximum absolute atomic E-state index is 5.65. The summed E-state index contributed by atoms with van der Waals surface area (Å²) in [6, 6.07) is 4.20. The molecule has 2 N–H and O–H groups in total. The highest BCUT2D eigenvalue weighted by Gasteiger charge is 2.21. The molecule has 4 heteroatoms. The highest BCUT2D eigenvalue weighted by Crippen LogP contribution is 2.21. The van der Waals surface area contributed by atoms with Crippen LogP contribution in [0.1, 0.15) is 12.0 Å². The van der Waals surface area contributed by atoms with Crippen molar-refractivity contribution in [3.8, 4) is 0 Å². The van der Waals surface area contributed by atoms with Gasteiger partial charge in [-0.15, -0.1) is 12.4 Å². The first kappa shape index (κ1) is 12.3. The molecule has 1 unspecified atom stereocenters. The zero-order valence-electron chi connectivity index (χ0n) is 9.02. The van der Waals surface area contributed by atoms with Gasteiger partial charge < -0.3 is 10.6 Å². The molecule has 1 saturated heterocycles. The number of nitrogens with two attached hydrogens (primary N) is 1. The van der Waals surface area contributed by atoms with E-state index < -0.39 is 0 Å². The van der Waals surface area contributed by atoms with Crippen LogP contribution in [-0.2, 0) is 0 Å². The lowest BCUT2D eigenvalue weighted by Crippen LogP contribution is -2.23. The molecule has 84 valence electrons. The maximum atomic E-state index is 5.65. The van der Waals surface area contributed by atoms with E-state index in [0.717, 1.165) is 25.5 Å². The van der Waals surface area contributed by atoms with Crippen molar-refractivity contribution in [2.75, 3.05) is 24.5 Å². The Balaban J connectivity index is 0.00000112. The van der Waals surface area contributed by atoms with Crippen molar-refractivity contribution in [3.63, 3.8) is 0 Å². The number of aryl methyl sites for hydroxylation is 1. The molecule has 15 heavy (non-hydrogen) atoms. The second kappa shape index (κ2) is 5.33. The summed E-state index contributed by atoms with van der Waals surface area (Å²) >= 11 is 0. The van der Waals surface area contributed by atoms with Crippen molar-refractivity contribution in [2.24, 2.45) is 11.7 Å². The number of aromatic nitrogens is 1. The Morgan fingerprint density at radius 3 is 2.87 bits per heavy atom. The summed E-state index contributed by atoms with van der Waals surface area (Å²) in [4.78, 5) is 6.73. The van der Waals surface area contributed by atoms with E-state index in [0.29, 0.717) is 5.92 Å².